The van der Waals surface area contributed by atoms with E-state index in [0.717, 1.165) is 30.3 Å². The number of nitrogens with zero attached hydrogens (tertiary/aromatic N) is 1. The first-order valence-corrected chi connectivity index (χ1v) is 14.3. The normalized spacial score (nSPS) is 14.3. The van der Waals surface area contributed by atoms with Crippen LogP contribution in [0.1, 0.15) is 102 Å². The van der Waals surface area contributed by atoms with E-state index in [9.17, 15) is 8.78 Å². The number of likely N-dealkylation sites (tertiary alicyclic amines) is 1. The molecule has 1 heterocycles. The van der Waals surface area contributed by atoms with Crippen LogP contribution in [0.25, 0.3) is 0 Å². The number of alkyl halides is 2. The number of amides is 1. The van der Waals surface area contributed by atoms with Gasteiger partial charge in [-0.15, -0.1) is 0 Å². The molecule has 1 saturated heterocycles. The number of ether oxygens (including phenoxy) is 1. The number of rotatable bonds is 10. The summed E-state index contributed by atoms with van der Waals surface area (Å²) in [4.78, 5) is 11.5. The van der Waals surface area contributed by atoms with Crippen LogP contribution in [0.3, 0.4) is 0 Å². The summed E-state index contributed by atoms with van der Waals surface area (Å²) >= 11 is 0. The van der Waals surface area contributed by atoms with Gasteiger partial charge in [-0.2, -0.15) is 0 Å². The second-order valence-corrected chi connectivity index (χ2v) is 9.30. The van der Waals surface area contributed by atoms with Gasteiger partial charge in [-0.25, -0.2) is 8.78 Å². The van der Waals surface area contributed by atoms with E-state index < -0.39 is 12.8 Å². The van der Waals surface area contributed by atoms with Crippen molar-refractivity contribution >= 4 is 6.41 Å². The molecule has 226 valence electrons. The highest BCUT2D eigenvalue weighted by Gasteiger charge is 2.22. The van der Waals surface area contributed by atoms with Gasteiger partial charge in [-0.05, 0) is 84.1 Å². The maximum Gasteiger partial charge on any atom is 0.206 e. The number of nitrogens with one attached hydrogen (secondary N) is 1. The van der Waals surface area contributed by atoms with E-state index in [-0.39, 0.29) is 0 Å². The molecule has 0 aliphatic carbocycles. The number of carbonyl (C=O) groups excluding carboxylic acids is 1. The average Bonchev–Trinajstić information content (AvgIpc) is 2.86. The van der Waals surface area contributed by atoms with Crippen LogP contribution in [0.2, 0.25) is 0 Å². The summed E-state index contributed by atoms with van der Waals surface area (Å²) in [6.45, 7) is 28.8. The molecule has 1 aliphatic rings. The first-order chi connectivity index (χ1) is 17.9. The van der Waals surface area contributed by atoms with Crippen molar-refractivity contribution in [3.63, 3.8) is 0 Å². The standard InChI is InChI=1S/C11H20O.C9H14F2.C7H15N.C3H8.C2H5NO/c1-7-12-11(6)10(5)9(4)8(2)3;1-3-9(6-7-10)5-4-8(2)11;1-3-7-5-8(4-2)6-7;1-3-2;1-3-2-4/h7H2,1-6H3;4-6,8H,3,7H2,1-2H3;7H,3-6H2,1-2H3;3H2,1-2H3;2H,1H3,(H,3,4)/b11-10+;5-4-,9-6-;;;. The Kier molecular flexibility index (Phi) is 35.5. The van der Waals surface area contributed by atoms with Crippen molar-refractivity contribution in [1.82, 2.24) is 10.2 Å². The third-order valence-electron chi connectivity index (χ3n) is 5.70. The van der Waals surface area contributed by atoms with Gasteiger partial charge in [-0.3, -0.25) is 4.79 Å². The van der Waals surface area contributed by atoms with Gasteiger partial charge >= 0.3 is 0 Å². The minimum Gasteiger partial charge on any atom is -0.498 e. The van der Waals surface area contributed by atoms with Crippen LogP contribution in [0.5, 0.6) is 0 Å². The largest absolute Gasteiger partial charge is 0.498 e. The number of halogens is 2. The molecule has 6 heteroatoms. The molecule has 0 aromatic rings. The van der Waals surface area contributed by atoms with Gasteiger partial charge in [-0.1, -0.05) is 71.3 Å². The molecule has 0 spiro atoms. The van der Waals surface area contributed by atoms with Crippen LogP contribution >= 0.6 is 0 Å². The quantitative estimate of drug-likeness (QED) is 0.169. The highest BCUT2D eigenvalue weighted by molar-refractivity contribution is 5.44. The Labute approximate surface area is 235 Å². The monoisotopic (exact) mass is 544 g/mol. The van der Waals surface area contributed by atoms with Crippen molar-refractivity contribution in [3.8, 4) is 0 Å². The lowest BCUT2D eigenvalue weighted by Crippen LogP contribution is -2.45. The molecule has 1 amide bonds. The summed E-state index contributed by atoms with van der Waals surface area (Å²) in [5, 5.41) is 2.25. The molecule has 0 aromatic heterocycles. The first-order valence-electron chi connectivity index (χ1n) is 14.3. The molecule has 0 bridgehead atoms. The maximum absolute atomic E-state index is 12.2. The zero-order valence-electron chi connectivity index (χ0n) is 27.1. The molecule has 1 unspecified atom stereocenters. The molecule has 0 aromatic carbocycles. The Bertz CT molecular complexity index is 650. The third kappa shape index (κ3) is 28.6. The lowest BCUT2D eigenvalue weighted by Gasteiger charge is -2.37. The van der Waals surface area contributed by atoms with Crippen LogP contribution in [-0.2, 0) is 9.53 Å². The van der Waals surface area contributed by atoms with E-state index in [1.807, 2.05) is 20.8 Å². The molecular formula is C32H62F2N2O2. The van der Waals surface area contributed by atoms with Gasteiger partial charge < -0.3 is 15.0 Å². The van der Waals surface area contributed by atoms with Crippen molar-refractivity contribution in [3.05, 3.63) is 46.3 Å². The van der Waals surface area contributed by atoms with Gasteiger partial charge in [0.1, 0.15) is 12.8 Å². The first kappa shape index (κ1) is 43.1. The molecule has 1 fully saturated rings. The van der Waals surface area contributed by atoms with Crippen LogP contribution in [-0.4, -0.2) is 57.4 Å². The van der Waals surface area contributed by atoms with Crippen molar-refractivity contribution in [1.29, 1.82) is 0 Å². The highest BCUT2D eigenvalue weighted by atomic mass is 19.1. The summed E-state index contributed by atoms with van der Waals surface area (Å²) < 4.78 is 29.4. The van der Waals surface area contributed by atoms with Crippen molar-refractivity contribution in [2.75, 3.05) is 40.0 Å². The predicted molar refractivity (Wildman–Crippen MR) is 165 cm³/mol. The summed E-state index contributed by atoms with van der Waals surface area (Å²) in [5.74, 6) is 2.06. The van der Waals surface area contributed by atoms with Crippen LogP contribution in [0.4, 0.5) is 8.78 Å². The third-order valence-corrected chi connectivity index (χ3v) is 5.70. The van der Waals surface area contributed by atoms with E-state index >= 15 is 0 Å². The van der Waals surface area contributed by atoms with E-state index in [1.165, 1.54) is 68.3 Å². The Morgan fingerprint density at radius 2 is 1.53 bits per heavy atom. The molecule has 0 radical (unpaired) electrons. The van der Waals surface area contributed by atoms with Gasteiger partial charge in [0.15, 0.2) is 0 Å². The zero-order valence-corrected chi connectivity index (χ0v) is 27.1. The summed E-state index contributed by atoms with van der Waals surface area (Å²) in [5.41, 5.74) is 4.79. The van der Waals surface area contributed by atoms with Crippen molar-refractivity contribution < 1.29 is 18.3 Å². The topological polar surface area (TPSA) is 41.6 Å². The zero-order chi connectivity index (χ0) is 30.5. The molecule has 1 atom stereocenters. The maximum atomic E-state index is 12.2. The molecule has 1 rings (SSSR count). The van der Waals surface area contributed by atoms with Crippen LogP contribution in [0, 0.1) is 5.92 Å². The van der Waals surface area contributed by atoms with E-state index in [0.29, 0.717) is 6.41 Å². The fraction of sp³-hybridized carbons (Fsp3) is 0.719. The number of hydrogen-bond acceptors (Lipinski definition) is 3. The minimum atomic E-state index is -0.954. The summed E-state index contributed by atoms with van der Waals surface area (Å²) in [6.07, 6.45) is 7.54. The van der Waals surface area contributed by atoms with E-state index in [4.69, 9.17) is 9.53 Å². The Morgan fingerprint density at radius 1 is 1.03 bits per heavy atom. The molecular weight excluding hydrogens is 482 g/mol. The summed E-state index contributed by atoms with van der Waals surface area (Å²) in [7, 11) is 1.56. The second kappa shape index (κ2) is 31.3. The molecule has 1 aliphatic heterocycles. The summed E-state index contributed by atoms with van der Waals surface area (Å²) in [6, 6.07) is 0. The van der Waals surface area contributed by atoms with Gasteiger partial charge in [0.2, 0.25) is 6.41 Å². The fourth-order valence-electron chi connectivity index (χ4n) is 2.84. The highest BCUT2D eigenvalue weighted by Crippen LogP contribution is 2.18. The SMILES string of the molecule is CCC.CCC(/C=C\C(C)F)=C/CF.CCC1CN(CC)C1.CCO/C(C)=C(\C)C(C)=C(C)C.CNC=O. The molecule has 0 saturated carbocycles. The van der Waals surface area contributed by atoms with Crippen molar-refractivity contribution in [2.24, 2.45) is 5.92 Å². The van der Waals surface area contributed by atoms with Gasteiger partial charge in [0.25, 0.3) is 0 Å². The number of hydrogen-bond donors (Lipinski definition) is 1. The van der Waals surface area contributed by atoms with Crippen LogP contribution < -0.4 is 5.32 Å². The Hall–Kier alpha value is -1.95. The lowest BCUT2D eigenvalue weighted by atomic mass is 9.98. The van der Waals surface area contributed by atoms with E-state index in [2.05, 4.69) is 65.6 Å². The molecule has 38 heavy (non-hydrogen) atoms. The second-order valence-electron chi connectivity index (χ2n) is 9.30. The molecule has 1 N–H and O–H groups in total. The fourth-order valence-corrected chi connectivity index (χ4v) is 2.84. The molecule has 4 nitrogen and oxygen atoms in total. The van der Waals surface area contributed by atoms with Crippen LogP contribution in [0.15, 0.2) is 46.3 Å². The average molecular weight is 545 g/mol. The number of allylic oxidation sites excluding steroid dienone is 8. The predicted octanol–water partition coefficient (Wildman–Crippen LogP) is 9.01. The lowest BCUT2D eigenvalue weighted by molar-refractivity contribution is -0.109. The Balaban J connectivity index is -0.000000205. The van der Waals surface area contributed by atoms with Gasteiger partial charge in [0, 0.05) is 20.1 Å². The smallest absolute Gasteiger partial charge is 0.206 e. The Morgan fingerprint density at radius 3 is 1.82 bits per heavy atom. The minimum absolute atomic E-state index is 0.478. The van der Waals surface area contributed by atoms with Crippen molar-refractivity contribution in [2.45, 2.75) is 109 Å². The van der Waals surface area contributed by atoms with E-state index in [1.54, 1.807) is 13.1 Å². The number of carbonyl (C=O) groups is 1. The van der Waals surface area contributed by atoms with Gasteiger partial charge in [0.05, 0.1) is 12.4 Å².